The van der Waals surface area contributed by atoms with Gasteiger partial charge in [-0.05, 0) is 40.0 Å². The van der Waals surface area contributed by atoms with Gasteiger partial charge in [0.2, 0.25) is 0 Å². The van der Waals surface area contributed by atoms with Crippen LogP contribution >= 0.6 is 27.7 Å². The lowest BCUT2D eigenvalue weighted by atomic mass is 10.2. The molecule has 1 aromatic carbocycles. The number of benzene rings is 1. The van der Waals surface area contributed by atoms with E-state index >= 15 is 0 Å². The first-order chi connectivity index (χ1) is 7.20. The van der Waals surface area contributed by atoms with Gasteiger partial charge in [0.15, 0.2) is 0 Å². The molecule has 1 fully saturated rings. The minimum atomic E-state index is -0.185. The number of halogens is 2. The highest BCUT2D eigenvalue weighted by atomic mass is 79.9. The quantitative estimate of drug-likeness (QED) is 0.891. The maximum Gasteiger partial charge on any atom is 0.137 e. The summed E-state index contributed by atoms with van der Waals surface area (Å²) in [6.45, 7) is 2.17. The molecule has 1 aliphatic heterocycles. The smallest absolute Gasteiger partial charge is 0.137 e. The van der Waals surface area contributed by atoms with E-state index in [2.05, 4.69) is 28.2 Å². The second kappa shape index (κ2) is 4.85. The summed E-state index contributed by atoms with van der Waals surface area (Å²) in [5.74, 6) is 0.925. The van der Waals surface area contributed by atoms with Crippen LogP contribution in [0.3, 0.4) is 0 Å². The Morgan fingerprint density at radius 3 is 3.00 bits per heavy atom. The average Bonchev–Trinajstić information content (AvgIpc) is 2.70. The third-order valence-corrected chi connectivity index (χ3v) is 4.57. The second-order valence-electron chi connectivity index (χ2n) is 3.66. The van der Waals surface area contributed by atoms with Crippen molar-refractivity contribution in [2.75, 3.05) is 5.75 Å². The number of hydrogen-bond donors (Lipinski definition) is 1. The van der Waals surface area contributed by atoms with Crippen LogP contribution in [-0.2, 0) is 0 Å². The SMILES string of the molecule is CCC1CSC(c2ccc(Br)c(F)c2)N1. The maximum atomic E-state index is 13.3. The lowest BCUT2D eigenvalue weighted by Gasteiger charge is -2.12. The summed E-state index contributed by atoms with van der Waals surface area (Å²) in [6, 6.07) is 5.90. The van der Waals surface area contributed by atoms with Crippen LogP contribution in [-0.4, -0.2) is 11.8 Å². The van der Waals surface area contributed by atoms with E-state index in [1.54, 1.807) is 12.1 Å². The predicted octanol–water partition coefficient (Wildman–Crippen LogP) is 3.70. The summed E-state index contributed by atoms with van der Waals surface area (Å²) in [7, 11) is 0. The Bertz CT molecular complexity index is 358. The van der Waals surface area contributed by atoms with E-state index in [0.29, 0.717) is 10.5 Å². The normalized spacial score (nSPS) is 25.8. The molecule has 82 valence electrons. The van der Waals surface area contributed by atoms with E-state index in [-0.39, 0.29) is 11.2 Å². The van der Waals surface area contributed by atoms with Crippen molar-refractivity contribution < 1.29 is 4.39 Å². The van der Waals surface area contributed by atoms with Gasteiger partial charge in [0, 0.05) is 11.8 Å². The first kappa shape index (κ1) is 11.4. The van der Waals surface area contributed by atoms with Gasteiger partial charge in [0.1, 0.15) is 5.82 Å². The molecule has 0 amide bonds. The molecule has 0 aromatic heterocycles. The van der Waals surface area contributed by atoms with Gasteiger partial charge < -0.3 is 0 Å². The standard InChI is InChI=1S/C11H13BrFNS/c1-2-8-6-15-11(14-8)7-3-4-9(12)10(13)5-7/h3-5,8,11,14H,2,6H2,1H3. The summed E-state index contributed by atoms with van der Waals surface area (Å²) in [5, 5.41) is 3.73. The molecule has 0 aliphatic carbocycles. The van der Waals surface area contributed by atoms with Crippen LogP contribution in [0, 0.1) is 5.82 Å². The molecule has 0 spiro atoms. The van der Waals surface area contributed by atoms with Crippen LogP contribution in [0.15, 0.2) is 22.7 Å². The third-order valence-electron chi connectivity index (χ3n) is 2.59. The van der Waals surface area contributed by atoms with Crippen LogP contribution in [0.5, 0.6) is 0 Å². The fraction of sp³-hybridized carbons (Fsp3) is 0.455. The molecule has 4 heteroatoms. The zero-order valence-electron chi connectivity index (χ0n) is 8.47. The predicted molar refractivity (Wildman–Crippen MR) is 66.5 cm³/mol. The number of nitrogens with one attached hydrogen (secondary N) is 1. The molecule has 1 nitrogen and oxygen atoms in total. The molecule has 2 rings (SSSR count). The first-order valence-electron chi connectivity index (χ1n) is 5.03. The highest BCUT2D eigenvalue weighted by Gasteiger charge is 2.24. The molecule has 0 saturated carbocycles. The topological polar surface area (TPSA) is 12.0 Å². The van der Waals surface area contributed by atoms with Gasteiger partial charge in [-0.1, -0.05) is 13.0 Å². The van der Waals surface area contributed by atoms with E-state index < -0.39 is 0 Å². The largest absolute Gasteiger partial charge is 0.298 e. The van der Waals surface area contributed by atoms with E-state index in [0.717, 1.165) is 17.7 Å². The Morgan fingerprint density at radius 2 is 2.40 bits per heavy atom. The van der Waals surface area contributed by atoms with Gasteiger partial charge in [-0.3, -0.25) is 5.32 Å². The highest BCUT2D eigenvalue weighted by molar-refractivity contribution is 9.10. The van der Waals surface area contributed by atoms with Gasteiger partial charge in [0.05, 0.1) is 9.85 Å². The number of rotatable bonds is 2. The van der Waals surface area contributed by atoms with Crippen molar-refractivity contribution >= 4 is 27.7 Å². The minimum Gasteiger partial charge on any atom is -0.298 e. The van der Waals surface area contributed by atoms with Gasteiger partial charge >= 0.3 is 0 Å². The van der Waals surface area contributed by atoms with Crippen LogP contribution in [0.4, 0.5) is 4.39 Å². The molecule has 2 atom stereocenters. The molecular formula is C11H13BrFNS. The molecule has 15 heavy (non-hydrogen) atoms. The molecule has 0 radical (unpaired) electrons. The van der Waals surface area contributed by atoms with Crippen molar-refractivity contribution in [3.8, 4) is 0 Å². The maximum absolute atomic E-state index is 13.3. The van der Waals surface area contributed by atoms with Crippen LogP contribution in [0.25, 0.3) is 0 Å². The molecule has 0 bridgehead atoms. The first-order valence-corrected chi connectivity index (χ1v) is 6.87. The summed E-state index contributed by atoms with van der Waals surface area (Å²) >= 11 is 5.01. The highest BCUT2D eigenvalue weighted by Crippen LogP contribution is 2.34. The summed E-state index contributed by atoms with van der Waals surface area (Å²) in [4.78, 5) is 0. The number of thioether (sulfide) groups is 1. The molecule has 1 N–H and O–H groups in total. The fourth-order valence-electron chi connectivity index (χ4n) is 1.63. The van der Waals surface area contributed by atoms with Gasteiger partial charge in [-0.25, -0.2) is 4.39 Å². The van der Waals surface area contributed by atoms with Gasteiger partial charge in [-0.2, -0.15) is 0 Å². The van der Waals surface area contributed by atoms with Crippen molar-refractivity contribution in [2.24, 2.45) is 0 Å². The molecule has 2 unspecified atom stereocenters. The molecular weight excluding hydrogens is 277 g/mol. The molecule has 1 heterocycles. The number of hydrogen-bond acceptors (Lipinski definition) is 2. The van der Waals surface area contributed by atoms with Crippen LogP contribution < -0.4 is 5.32 Å². The Hall–Kier alpha value is -0.0600. The van der Waals surface area contributed by atoms with E-state index in [9.17, 15) is 4.39 Å². The Balaban J connectivity index is 2.13. The van der Waals surface area contributed by atoms with Crippen molar-refractivity contribution in [3.05, 3.63) is 34.1 Å². The van der Waals surface area contributed by atoms with Crippen LogP contribution in [0.2, 0.25) is 0 Å². The molecule has 1 aliphatic rings. The van der Waals surface area contributed by atoms with E-state index in [4.69, 9.17) is 0 Å². The van der Waals surface area contributed by atoms with E-state index in [1.165, 1.54) is 0 Å². The summed E-state index contributed by atoms with van der Waals surface area (Å²) in [5.41, 5.74) is 1.02. The van der Waals surface area contributed by atoms with E-state index in [1.807, 2.05) is 17.8 Å². The van der Waals surface area contributed by atoms with Crippen molar-refractivity contribution in [1.82, 2.24) is 5.32 Å². The fourth-order valence-corrected chi connectivity index (χ4v) is 3.26. The van der Waals surface area contributed by atoms with Crippen LogP contribution in [0.1, 0.15) is 24.3 Å². The van der Waals surface area contributed by atoms with Crippen molar-refractivity contribution in [1.29, 1.82) is 0 Å². The van der Waals surface area contributed by atoms with Gasteiger partial charge in [0.25, 0.3) is 0 Å². The minimum absolute atomic E-state index is 0.185. The van der Waals surface area contributed by atoms with Crippen molar-refractivity contribution in [2.45, 2.75) is 24.8 Å². The van der Waals surface area contributed by atoms with Gasteiger partial charge in [-0.15, -0.1) is 11.8 Å². The third kappa shape index (κ3) is 2.55. The molecule has 1 aromatic rings. The zero-order chi connectivity index (χ0) is 10.8. The Labute approximate surface area is 102 Å². The molecule has 1 saturated heterocycles. The second-order valence-corrected chi connectivity index (χ2v) is 5.65. The average molecular weight is 290 g/mol. The Kier molecular flexibility index (Phi) is 3.69. The summed E-state index contributed by atoms with van der Waals surface area (Å²) in [6.07, 6.45) is 1.13. The monoisotopic (exact) mass is 289 g/mol. The zero-order valence-corrected chi connectivity index (χ0v) is 10.9. The lowest BCUT2D eigenvalue weighted by molar-refractivity contribution is 0.557. The summed E-state index contributed by atoms with van der Waals surface area (Å²) < 4.78 is 13.9. The van der Waals surface area contributed by atoms with Crippen molar-refractivity contribution in [3.63, 3.8) is 0 Å². The Morgan fingerprint density at radius 1 is 1.60 bits per heavy atom. The lowest BCUT2D eigenvalue weighted by Crippen LogP contribution is -2.24.